The van der Waals surface area contributed by atoms with E-state index in [1.54, 1.807) is 31.4 Å². The van der Waals surface area contributed by atoms with Crippen LogP contribution in [0, 0.1) is 6.92 Å². The first-order valence-corrected chi connectivity index (χ1v) is 8.46. The SMILES string of the molecule is Cc1ccc(-c2ccnc(NCCN3C(=O)NC(=O)C3(C)C)n2)s1. The van der Waals surface area contributed by atoms with Gasteiger partial charge in [0.2, 0.25) is 5.95 Å². The van der Waals surface area contributed by atoms with Gasteiger partial charge >= 0.3 is 6.03 Å². The molecule has 2 aromatic heterocycles. The minimum absolute atomic E-state index is 0.279. The Balaban J connectivity index is 1.63. The third kappa shape index (κ3) is 3.09. The highest BCUT2D eigenvalue weighted by Gasteiger charge is 2.44. The summed E-state index contributed by atoms with van der Waals surface area (Å²) in [5, 5.41) is 5.44. The Morgan fingerprint density at radius 3 is 2.71 bits per heavy atom. The zero-order valence-corrected chi connectivity index (χ0v) is 14.6. The number of aromatic nitrogens is 2. The number of hydrogen-bond acceptors (Lipinski definition) is 6. The smallest absolute Gasteiger partial charge is 0.325 e. The van der Waals surface area contributed by atoms with E-state index in [2.05, 4.69) is 33.6 Å². The maximum Gasteiger partial charge on any atom is 0.325 e. The van der Waals surface area contributed by atoms with Gasteiger partial charge < -0.3 is 10.2 Å². The van der Waals surface area contributed by atoms with Crippen molar-refractivity contribution >= 4 is 29.2 Å². The Morgan fingerprint density at radius 1 is 1.29 bits per heavy atom. The van der Waals surface area contributed by atoms with E-state index in [1.807, 2.05) is 12.1 Å². The number of urea groups is 1. The summed E-state index contributed by atoms with van der Waals surface area (Å²) in [6.45, 7) is 6.35. The summed E-state index contributed by atoms with van der Waals surface area (Å²) in [6.07, 6.45) is 1.70. The van der Waals surface area contributed by atoms with E-state index in [0.29, 0.717) is 19.0 Å². The van der Waals surface area contributed by atoms with Gasteiger partial charge in [0.25, 0.3) is 5.91 Å². The molecule has 126 valence electrons. The van der Waals surface area contributed by atoms with Gasteiger partial charge in [-0.2, -0.15) is 0 Å². The zero-order chi connectivity index (χ0) is 17.3. The van der Waals surface area contributed by atoms with Gasteiger partial charge in [-0.3, -0.25) is 10.1 Å². The van der Waals surface area contributed by atoms with E-state index in [4.69, 9.17) is 0 Å². The zero-order valence-electron chi connectivity index (χ0n) is 13.8. The number of aryl methyl sites for hydroxylation is 1. The molecule has 3 rings (SSSR count). The third-order valence-corrected chi connectivity index (χ3v) is 4.99. The lowest BCUT2D eigenvalue weighted by atomic mass is 10.0. The standard InChI is InChI=1S/C16H19N5O2S/c1-10-4-5-12(24-10)11-6-7-17-14(19-11)18-8-9-21-15(23)20-13(22)16(21,2)3/h4-7H,8-9H2,1-3H3,(H,17,18,19)(H,20,22,23). The fraction of sp³-hybridized carbons (Fsp3) is 0.375. The number of carbonyl (C=O) groups excluding carboxylic acids is 2. The number of imide groups is 1. The molecule has 0 unspecified atom stereocenters. The highest BCUT2D eigenvalue weighted by molar-refractivity contribution is 7.15. The van der Waals surface area contributed by atoms with Crippen molar-refractivity contribution in [2.45, 2.75) is 26.3 Å². The predicted molar refractivity (Wildman–Crippen MR) is 92.9 cm³/mol. The average molecular weight is 345 g/mol. The molecular weight excluding hydrogens is 326 g/mol. The summed E-state index contributed by atoms with van der Waals surface area (Å²) in [5.41, 5.74) is 0.0238. The molecular formula is C16H19N5O2S. The summed E-state index contributed by atoms with van der Waals surface area (Å²) in [5.74, 6) is 0.223. The molecule has 1 aliphatic rings. The summed E-state index contributed by atoms with van der Waals surface area (Å²) in [7, 11) is 0. The first-order valence-electron chi connectivity index (χ1n) is 7.65. The number of nitrogens with one attached hydrogen (secondary N) is 2. The molecule has 0 aromatic carbocycles. The molecule has 3 amide bonds. The molecule has 0 radical (unpaired) electrons. The molecule has 0 spiro atoms. The summed E-state index contributed by atoms with van der Waals surface area (Å²) < 4.78 is 0. The number of amides is 3. The summed E-state index contributed by atoms with van der Waals surface area (Å²) in [4.78, 5) is 36.1. The van der Waals surface area contributed by atoms with Crippen LogP contribution in [0.25, 0.3) is 10.6 Å². The van der Waals surface area contributed by atoms with Crippen molar-refractivity contribution in [1.82, 2.24) is 20.2 Å². The fourth-order valence-corrected chi connectivity index (χ4v) is 3.35. The van der Waals surface area contributed by atoms with Gasteiger partial charge in [0.1, 0.15) is 5.54 Å². The highest BCUT2D eigenvalue weighted by atomic mass is 32.1. The molecule has 2 aromatic rings. The van der Waals surface area contributed by atoms with Crippen molar-refractivity contribution in [3.8, 4) is 10.6 Å². The first-order chi connectivity index (χ1) is 11.4. The molecule has 0 bridgehead atoms. The topological polar surface area (TPSA) is 87.2 Å². The summed E-state index contributed by atoms with van der Waals surface area (Å²) >= 11 is 1.68. The van der Waals surface area contributed by atoms with Crippen molar-refractivity contribution in [2.75, 3.05) is 18.4 Å². The van der Waals surface area contributed by atoms with Crippen LogP contribution in [-0.4, -0.2) is 45.4 Å². The number of nitrogens with zero attached hydrogens (tertiary/aromatic N) is 3. The average Bonchev–Trinajstić information content (AvgIpc) is 3.04. The molecule has 24 heavy (non-hydrogen) atoms. The van der Waals surface area contributed by atoms with Crippen molar-refractivity contribution < 1.29 is 9.59 Å². The Bertz CT molecular complexity index is 786. The monoisotopic (exact) mass is 345 g/mol. The van der Waals surface area contributed by atoms with Gasteiger partial charge in [-0.15, -0.1) is 11.3 Å². The number of carbonyl (C=O) groups is 2. The number of rotatable bonds is 5. The van der Waals surface area contributed by atoms with Gasteiger partial charge in [0, 0.05) is 24.2 Å². The minimum Gasteiger partial charge on any atom is -0.352 e. The van der Waals surface area contributed by atoms with E-state index >= 15 is 0 Å². The third-order valence-electron chi connectivity index (χ3n) is 3.96. The van der Waals surface area contributed by atoms with Gasteiger partial charge in [-0.25, -0.2) is 14.8 Å². The fourth-order valence-electron chi connectivity index (χ4n) is 2.51. The van der Waals surface area contributed by atoms with Gasteiger partial charge in [-0.05, 0) is 39.0 Å². The van der Waals surface area contributed by atoms with Gasteiger partial charge in [-0.1, -0.05) is 0 Å². The van der Waals surface area contributed by atoms with E-state index in [1.165, 1.54) is 9.78 Å². The van der Waals surface area contributed by atoms with Crippen LogP contribution in [0.1, 0.15) is 18.7 Å². The normalized spacial score (nSPS) is 16.4. The number of hydrogen-bond donors (Lipinski definition) is 2. The quantitative estimate of drug-likeness (QED) is 0.812. The largest absolute Gasteiger partial charge is 0.352 e. The molecule has 1 fully saturated rings. The molecule has 8 heteroatoms. The molecule has 2 N–H and O–H groups in total. The Kier molecular flexibility index (Phi) is 4.23. The lowest BCUT2D eigenvalue weighted by Gasteiger charge is -2.27. The number of anilines is 1. The van der Waals surface area contributed by atoms with Crippen LogP contribution in [0.15, 0.2) is 24.4 Å². The maximum atomic E-state index is 11.8. The van der Waals surface area contributed by atoms with Crippen molar-refractivity contribution in [3.05, 3.63) is 29.3 Å². The molecule has 1 aliphatic heterocycles. The Labute approximate surface area is 144 Å². The first kappa shape index (κ1) is 16.4. The molecule has 0 atom stereocenters. The van der Waals surface area contributed by atoms with E-state index in [-0.39, 0.29) is 11.9 Å². The maximum absolute atomic E-state index is 11.8. The van der Waals surface area contributed by atoms with Gasteiger partial charge in [0.05, 0.1) is 10.6 Å². The highest BCUT2D eigenvalue weighted by Crippen LogP contribution is 2.26. The lowest BCUT2D eigenvalue weighted by molar-refractivity contribution is -0.125. The Morgan fingerprint density at radius 2 is 2.08 bits per heavy atom. The molecule has 0 aliphatic carbocycles. The second-order valence-electron chi connectivity index (χ2n) is 6.07. The van der Waals surface area contributed by atoms with Crippen LogP contribution in [0.4, 0.5) is 10.7 Å². The number of thiophene rings is 1. The molecule has 1 saturated heterocycles. The van der Waals surface area contributed by atoms with Crippen molar-refractivity contribution in [3.63, 3.8) is 0 Å². The van der Waals surface area contributed by atoms with Crippen LogP contribution < -0.4 is 10.6 Å². The lowest BCUT2D eigenvalue weighted by Crippen LogP contribution is -2.46. The Hall–Kier alpha value is -2.48. The molecule has 3 heterocycles. The second-order valence-corrected chi connectivity index (χ2v) is 7.36. The van der Waals surface area contributed by atoms with E-state index < -0.39 is 5.54 Å². The minimum atomic E-state index is -0.837. The second kappa shape index (κ2) is 6.20. The van der Waals surface area contributed by atoms with E-state index in [9.17, 15) is 9.59 Å². The van der Waals surface area contributed by atoms with Crippen LogP contribution in [0.5, 0.6) is 0 Å². The van der Waals surface area contributed by atoms with Crippen LogP contribution in [0.2, 0.25) is 0 Å². The predicted octanol–water partition coefficient (Wildman–Crippen LogP) is 2.26. The van der Waals surface area contributed by atoms with Crippen LogP contribution in [0.3, 0.4) is 0 Å². The van der Waals surface area contributed by atoms with Crippen molar-refractivity contribution in [2.24, 2.45) is 0 Å². The summed E-state index contributed by atoms with van der Waals surface area (Å²) in [6, 6.07) is 5.59. The van der Waals surface area contributed by atoms with Crippen LogP contribution >= 0.6 is 11.3 Å². The van der Waals surface area contributed by atoms with Crippen LogP contribution in [-0.2, 0) is 4.79 Å². The van der Waals surface area contributed by atoms with Crippen molar-refractivity contribution in [1.29, 1.82) is 0 Å². The molecule has 0 saturated carbocycles. The van der Waals surface area contributed by atoms with E-state index in [0.717, 1.165) is 10.6 Å². The molecule has 7 nitrogen and oxygen atoms in total. The van der Waals surface area contributed by atoms with Gasteiger partial charge in [0.15, 0.2) is 0 Å².